The molecule has 3 N–H and O–H groups in total. The molecule has 3 aliphatic carbocycles. The number of aliphatic hydroxyl groups excluding tert-OH is 1. The van der Waals surface area contributed by atoms with Crippen LogP contribution in [-0.2, 0) is 54.6 Å². The number of halogens is 4. The number of ketones is 1. The average Bonchev–Trinajstić information content (AvgIpc) is 3.36. The van der Waals surface area contributed by atoms with Gasteiger partial charge in [0.2, 0.25) is 6.10 Å². The zero-order valence-corrected chi connectivity index (χ0v) is 42.4. The predicted octanol–water partition coefficient (Wildman–Crippen LogP) is 5.72. The van der Waals surface area contributed by atoms with Gasteiger partial charge in [-0.2, -0.15) is 0 Å². The quantitative estimate of drug-likeness (QED) is 0.0385. The summed E-state index contributed by atoms with van der Waals surface area (Å²) in [5.74, 6) is -7.95. The van der Waals surface area contributed by atoms with Crippen LogP contribution >= 0.6 is 0 Å². The topological polar surface area (TPSA) is 231 Å². The van der Waals surface area contributed by atoms with Gasteiger partial charge in [-0.15, -0.1) is 0 Å². The minimum absolute atomic E-state index is 0.0345. The van der Waals surface area contributed by atoms with Crippen molar-refractivity contribution in [3.63, 3.8) is 0 Å². The maximum absolute atomic E-state index is 15.7. The number of aryl methyl sites for hydroxylation is 1. The molecule has 1 aromatic heterocycles. The molecule has 11 atom stereocenters. The summed E-state index contributed by atoms with van der Waals surface area (Å²) in [6.45, 7) is 7.92. The maximum Gasteiger partial charge on any atom is 0.673 e. The number of aromatic nitrogens is 1. The summed E-state index contributed by atoms with van der Waals surface area (Å²) in [5.41, 5.74) is -7.33. The minimum atomic E-state index is -6.00. The molecule has 2 unspecified atom stereocenters. The number of hydrogen-bond donors (Lipinski definition) is 3. The van der Waals surface area contributed by atoms with Crippen LogP contribution < -0.4 is 9.88 Å². The number of aliphatic hydroxyl groups is 2. The summed E-state index contributed by atoms with van der Waals surface area (Å²) >= 11 is 0. The van der Waals surface area contributed by atoms with Crippen molar-refractivity contribution in [2.24, 2.45) is 23.8 Å². The van der Waals surface area contributed by atoms with Crippen LogP contribution in [0.15, 0.2) is 127 Å². The highest BCUT2D eigenvalue weighted by Crippen LogP contribution is 2.64. The highest BCUT2D eigenvalue weighted by atomic mass is 19.5. The van der Waals surface area contributed by atoms with Crippen LogP contribution in [0, 0.1) is 16.7 Å². The molecule has 404 valence electrons. The van der Waals surface area contributed by atoms with E-state index >= 15 is 9.59 Å². The number of nitrogens with one attached hydrogen (secondary N) is 1. The molecule has 1 amide bonds. The third-order valence-corrected chi connectivity index (χ3v) is 14.9. The molecule has 2 heterocycles. The number of benzene rings is 3. The Labute approximate surface area is 434 Å². The van der Waals surface area contributed by atoms with Crippen molar-refractivity contribution in [1.29, 1.82) is 0 Å². The smallest absolute Gasteiger partial charge is 0.455 e. The van der Waals surface area contributed by atoms with E-state index in [2.05, 4.69) is 5.32 Å². The van der Waals surface area contributed by atoms with Crippen LogP contribution in [0.25, 0.3) is 0 Å². The standard InChI is InChI=1S/C54H56N2O15.BF4/c1-30-37(68-50(64)43(69-49(63)36-24-17-25-56(7)28-36)41(33-18-11-8-12-19-33)55-47(61)34-20-13-9-14-21-34)27-54(65)46(70-48(62)35-22-15-10-16-23-35)44-52(6,38(59)26-39-53(44,29-66-39)71-32(3)58)45(60)42(67-31(2)57)40(30)51(54,4)5;2-1(3,4)5/h8-25,28,37-39,41-44,46,59,65H,26-27,29H2,1-7H3;/q;-1/p+1/t37-,38-,39+,41+,42+,43+,44?,46-,52?,53-,54+;/m0./s1. The Hall–Kier alpha value is -7.30. The number of carbonyl (C=O) groups excluding carboxylic acids is 7. The van der Waals surface area contributed by atoms with Gasteiger partial charge < -0.3 is 61.2 Å². The number of esters is 5. The Balaban J connectivity index is 0.00000160. The Morgan fingerprint density at radius 2 is 1.36 bits per heavy atom. The molecule has 4 aliphatic rings. The van der Waals surface area contributed by atoms with Gasteiger partial charge in [-0.05, 0) is 60.9 Å². The van der Waals surface area contributed by atoms with E-state index in [1.165, 1.54) is 38.2 Å². The molecule has 3 aromatic carbocycles. The molecule has 0 radical (unpaired) electrons. The second-order valence-electron chi connectivity index (χ2n) is 20.0. The highest BCUT2D eigenvalue weighted by Gasteiger charge is 2.78. The summed E-state index contributed by atoms with van der Waals surface area (Å²) < 4.78 is 77.6. The highest BCUT2D eigenvalue weighted by molar-refractivity contribution is 6.50. The number of fused-ring (bicyclic) bond motifs is 5. The normalized spacial score (nSPS) is 28.0. The summed E-state index contributed by atoms with van der Waals surface area (Å²) in [7, 11) is -4.32. The molecule has 8 rings (SSSR count). The van der Waals surface area contributed by atoms with E-state index in [9.17, 15) is 51.4 Å². The third-order valence-electron chi connectivity index (χ3n) is 14.9. The molecule has 3 fully saturated rings. The maximum atomic E-state index is 15.7. The van der Waals surface area contributed by atoms with Crippen LogP contribution in [0.4, 0.5) is 17.3 Å². The molecular weight excluding hydrogens is 1000 g/mol. The van der Waals surface area contributed by atoms with Crippen LogP contribution in [0.3, 0.4) is 0 Å². The zero-order chi connectivity index (χ0) is 55.7. The lowest BCUT2D eigenvalue weighted by molar-refractivity contribution is -0.671. The van der Waals surface area contributed by atoms with Crippen LogP contribution in [0.1, 0.15) is 97.1 Å². The lowest BCUT2D eigenvalue weighted by Crippen LogP contribution is -2.82. The van der Waals surface area contributed by atoms with Gasteiger partial charge in [-0.1, -0.05) is 80.6 Å². The van der Waals surface area contributed by atoms with Crippen molar-refractivity contribution in [3.8, 4) is 0 Å². The van der Waals surface area contributed by atoms with E-state index in [0.29, 0.717) is 5.56 Å². The molecule has 0 spiro atoms. The van der Waals surface area contributed by atoms with Crippen LogP contribution in [0.2, 0.25) is 0 Å². The molecule has 2 saturated carbocycles. The molecular formula is C54H57BF4N2O15. The molecule has 4 aromatic rings. The number of amides is 1. The van der Waals surface area contributed by atoms with E-state index < -0.39 is 126 Å². The number of nitrogens with zero attached hydrogens (tertiary/aromatic N) is 1. The van der Waals surface area contributed by atoms with Crippen molar-refractivity contribution in [2.75, 3.05) is 6.61 Å². The number of pyridine rings is 1. The van der Waals surface area contributed by atoms with Gasteiger partial charge >= 0.3 is 37.1 Å². The van der Waals surface area contributed by atoms with Crippen molar-refractivity contribution >= 4 is 48.8 Å². The van der Waals surface area contributed by atoms with Gasteiger partial charge in [0.25, 0.3) is 5.91 Å². The van der Waals surface area contributed by atoms with Gasteiger partial charge in [-0.3, -0.25) is 19.2 Å². The average molecular weight is 1060 g/mol. The van der Waals surface area contributed by atoms with Gasteiger partial charge in [0.1, 0.15) is 42.6 Å². The molecule has 76 heavy (non-hydrogen) atoms. The van der Waals surface area contributed by atoms with E-state index in [4.69, 9.17) is 28.4 Å². The Bertz CT molecular complexity index is 2900. The van der Waals surface area contributed by atoms with Crippen molar-refractivity contribution in [3.05, 3.63) is 149 Å². The predicted molar refractivity (Wildman–Crippen MR) is 259 cm³/mol. The fraction of sp³-hybridized carbons (Fsp3) is 0.407. The lowest BCUT2D eigenvalue weighted by Gasteiger charge is -2.67. The van der Waals surface area contributed by atoms with Crippen molar-refractivity contribution in [1.82, 2.24) is 5.32 Å². The van der Waals surface area contributed by atoms with E-state index in [1.807, 2.05) is 0 Å². The van der Waals surface area contributed by atoms with Crippen LogP contribution in [0.5, 0.6) is 0 Å². The first kappa shape index (κ1) is 56.4. The largest absolute Gasteiger partial charge is 0.673 e. The first-order valence-corrected chi connectivity index (χ1v) is 24.2. The minimum Gasteiger partial charge on any atom is -0.455 e. The van der Waals surface area contributed by atoms with Gasteiger partial charge in [-0.25, -0.2) is 19.0 Å². The fourth-order valence-corrected chi connectivity index (χ4v) is 11.2. The Morgan fingerprint density at radius 1 is 0.789 bits per heavy atom. The summed E-state index contributed by atoms with van der Waals surface area (Å²) in [6.07, 6.45) is -7.59. The SMILES string of the molecule is CC(=O)O[C@H]1C(=O)C2(C)C([C@H](OC(=O)c3ccccc3)[C@]3(O)C[C@H](OC(=O)[C@H](OC(=O)c4ccc[n+](C)c4)[C@H](NC(=O)c4ccccc4)c4ccccc4)C(C)=C1C3(C)C)[C@]1(OC(C)=O)CO[C@@H]1C[C@@H]2O.F[B-](F)(F)F. The first-order valence-electron chi connectivity index (χ1n) is 24.2. The first-order chi connectivity index (χ1) is 35.6. The summed E-state index contributed by atoms with van der Waals surface area (Å²) in [6, 6.07) is 25.9. The molecule has 22 heteroatoms. The summed E-state index contributed by atoms with van der Waals surface area (Å²) in [5, 5.41) is 29.0. The zero-order valence-electron chi connectivity index (χ0n) is 42.4. The number of rotatable bonds is 12. The van der Waals surface area contributed by atoms with Crippen molar-refractivity contribution < 1.29 is 94.0 Å². The van der Waals surface area contributed by atoms with E-state index in [0.717, 1.165) is 13.8 Å². The number of carbonyl (C=O) groups is 7. The van der Waals surface area contributed by atoms with E-state index in [-0.39, 0.29) is 40.9 Å². The monoisotopic (exact) mass is 1060 g/mol. The lowest BCUT2D eigenvalue weighted by atomic mass is 9.44. The molecule has 1 aliphatic heterocycles. The summed E-state index contributed by atoms with van der Waals surface area (Å²) in [4.78, 5) is 100. The fourth-order valence-electron chi connectivity index (χ4n) is 11.2. The van der Waals surface area contributed by atoms with Gasteiger partial charge in [0.15, 0.2) is 29.9 Å². The Morgan fingerprint density at radius 3 is 1.89 bits per heavy atom. The van der Waals surface area contributed by atoms with Gasteiger partial charge in [0.05, 0.1) is 29.6 Å². The second kappa shape index (κ2) is 21.7. The number of ether oxygens (including phenoxy) is 6. The Kier molecular flexibility index (Phi) is 16.1. The van der Waals surface area contributed by atoms with E-state index in [1.54, 1.807) is 117 Å². The molecule has 1 saturated heterocycles. The van der Waals surface area contributed by atoms with Crippen molar-refractivity contribution in [2.45, 2.75) is 108 Å². The number of Topliss-reactive ketones (excluding diaryl/α,β-unsaturated/α-hetero) is 1. The van der Waals surface area contributed by atoms with Crippen LogP contribution in [-0.4, -0.2) is 113 Å². The molecule has 17 nitrogen and oxygen atoms in total. The number of hydrogen-bond acceptors (Lipinski definition) is 15. The third kappa shape index (κ3) is 11.0. The van der Waals surface area contributed by atoms with Gasteiger partial charge in [0, 0.05) is 43.7 Å². The molecule has 2 bridgehead atoms. The second-order valence-corrected chi connectivity index (χ2v) is 20.0.